The molecule has 19 heavy (non-hydrogen) atoms. The number of rotatable bonds is 3. The third-order valence-electron chi connectivity index (χ3n) is 2.51. The van der Waals surface area contributed by atoms with Gasteiger partial charge in [-0.1, -0.05) is 6.07 Å². The number of hydrogen-bond acceptors (Lipinski definition) is 4. The fourth-order valence-electron chi connectivity index (χ4n) is 1.53. The second-order valence-electron chi connectivity index (χ2n) is 3.86. The largest absolute Gasteiger partial charge is 0.396 e. The summed E-state index contributed by atoms with van der Waals surface area (Å²) >= 11 is 0. The molecule has 0 unspecified atom stereocenters. The minimum Gasteiger partial charge on any atom is -0.396 e. The summed E-state index contributed by atoms with van der Waals surface area (Å²) in [6.07, 6.45) is 1.36. The Morgan fingerprint density at radius 2 is 2.11 bits per heavy atom. The highest BCUT2D eigenvalue weighted by Gasteiger charge is 2.06. The maximum Gasteiger partial charge on any atom is 0.149 e. The lowest BCUT2D eigenvalue weighted by atomic mass is 10.2. The number of nitrogen functional groups attached to an aromatic ring is 1. The lowest BCUT2D eigenvalue weighted by Gasteiger charge is -2.09. The van der Waals surface area contributed by atoms with E-state index in [-0.39, 0.29) is 6.54 Å². The second-order valence-corrected chi connectivity index (χ2v) is 3.86. The molecule has 0 saturated heterocycles. The molecule has 0 atom stereocenters. The molecule has 6 heteroatoms. The maximum absolute atomic E-state index is 13.4. The molecule has 0 fully saturated rings. The molecule has 96 valence electrons. The van der Waals surface area contributed by atoms with Gasteiger partial charge in [-0.25, -0.2) is 13.8 Å². The van der Waals surface area contributed by atoms with Crippen molar-refractivity contribution in [2.24, 2.45) is 0 Å². The van der Waals surface area contributed by atoms with Crippen molar-refractivity contribution in [3.63, 3.8) is 0 Å². The Morgan fingerprint density at radius 3 is 2.74 bits per heavy atom. The molecule has 0 spiro atoms. The van der Waals surface area contributed by atoms with E-state index in [0.717, 1.165) is 6.07 Å². The van der Waals surface area contributed by atoms with E-state index in [0.29, 0.717) is 22.6 Å². The van der Waals surface area contributed by atoms with Crippen LogP contribution in [0.25, 0.3) is 0 Å². The first-order valence-electron chi connectivity index (χ1n) is 5.43. The smallest absolute Gasteiger partial charge is 0.149 e. The zero-order valence-corrected chi connectivity index (χ0v) is 9.82. The number of benzene rings is 1. The van der Waals surface area contributed by atoms with Gasteiger partial charge in [0.25, 0.3) is 0 Å². The van der Waals surface area contributed by atoms with E-state index in [2.05, 4.69) is 10.3 Å². The highest BCUT2D eigenvalue weighted by atomic mass is 19.1. The Kier molecular flexibility index (Phi) is 3.57. The van der Waals surface area contributed by atoms with Crippen LogP contribution >= 0.6 is 0 Å². The molecule has 3 N–H and O–H groups in total. The first-order chi connectivity index (χ1) is 9.10. The van der Waals surface area contributed by atoms with E-state index >= 15 is 0 Å². The molecule has 0 saturated carbocycles. The molecule has 4 nitrogen and oxygen atoms in total. The van der Waals surface area contributed by atoms with Crippen molar-refractivity contribution >= 4 is 11.5 Å². The molecule has 2 rings (SSSR count). The predicted octanol–water partition coefficient (Wildman–Crippen LogP) is 2.43. The van der Waals surface area contributed by atoms with Crippen LogP contribution in [0.1, 0.15) is 11.1 Å². The van der Waals surface area contributed by atoms with Crippen molar-refractivity contribution in [1.82, 2.24) is 4.98 Å². The quantitative estimate of drug-likeness (QED) is 0.888. The van der Waals surface area contributed by atoms with Gasteiger partial charge in [0, 0.05) is 24.4 Å². The van der Waals surface area contributed by atoms with Crippen molar-refractivity contribution in [3.05, 3.63) is 53.2 Å². The molecule has 1 aromatic carbocycles. The third-order valence-corrected chi connectivity index (χ3v) is 2.51. The van der Waals surface area contributed by atoms with Crippen LogP contribution in [0.2, 0.25) is 0 Å². The molecule has 0 amide bonds. The summed E-state index contributed by atoms with van der Waals surface area (Å²) in [5, 5.41) is 11.5. The minimum atomic E-state index is -0.639. The number of nitrogens with zero attached hydrogens (tertiary/aromatic N) is 2. The Labute approximate surface area is 108 Å². The van der Waals surface area contributed by atoms with Gasteiger partial charge in [0.2, 0.25) is 0 Å². The monoisotopic (exact) mass is 260 g/mol. The van der Waals surface area contributed by atoms with E-state index < -0.39 is 11.6 Å². The van der Waals surface area contributed by atoms with Crippen LogP contribution in [-0.2, 0) is 6.54 Å². The van der Waals surface area contributed by atoms with E-state index in [4.69, 9.17) is 11.0 Å². The molecule has 0 aliphatic rings. The zero-order chi connectivity index (χ0) is 13.8. The van der Waals surface area contributed by atoms with Crippen LogP contribution < -0.4 is 11.1 Å². The number of halogens is 2. The summed E-state index contributed by atoms with van der Waals surface area (Å²) in [4.78, 5) is 3.96. The van der Waals surface area contributed by atoms with Crippen molar-refractivity contribution in [2.75, 3.05) is 11.1 Å². The maximum atomic E-state index is 13.4. The zero-order valence-electron chi connectivity index (χ0n) is 9.82. The second kappa shape index (κ2) is 5.31. The van der Waals surface area contributed by atoms with Crippen molar-refractivity contribution in [2.45, 2.75) is 6.54 Å². The van der Waals surface area contributed by atoms with Crippen molar-refractivity contribution in [3.8, 4) is 6.07 Å². The van der Waals surface area contributed by atoms with Gasteiger partial charge in [-0.3, -0.25) is 0 Å². The molecule has 0 radical (unpaired) electrons. The topological polar surface area (TPSA) is 74.7 Å². The van der Waals surface area contributed by atoms with E-state index in [9.17, 15) is 8.78 Å². The first-order valence-corrected chi connectivity index (χ1v) is 5.43. The Morgan fingerprint density at radius 1 is 1.32 bits per heavy atom. The van der Waals surface area contributed by atoms with Crippen molar-refractivity contribution in [1.29, 1.82) is 5.26 Å². The van der Waals surface area contributed by atoms with Crippen LogP contribution in [0.15, 0.2) is 30.5 Å². The fourth-order valence-corrected chi connectivity index (χ4v) is 1.53. The Hall–Kier alpha value is -2.68. The van der Waals surface area contributed by atoms with Gasteiger partial charge in [0.1, 0.15) is 23.5 Å². The normalized spacial score (nSPS) is 9.95. The lowest BCUT2D eigenvalue weighted by molar-refractivity contribution is 0.574. The highest BCUT2D eigenvalue weighted by Crippen LogP contribution is 2.18. The van der Waals surface area contributed by atoms with E-state index in [1.165, 1.54) is 24.4 Å². The number of pyridine rings is 1. The lowest BCUT2D eigenvalue weighted by Crippen LogP contribution is -2.06. The van der Waals surface area contributed by atoms with Crippen LogP contribution in [0.3, 0.4) is 0 Å². The van der Waals surface area contributed by atoms with E-state index in [1.54, 1.807) is 0 Å². The molecular weight excluding hydrogens is 250 g/mol. The van der Waals surface area contributed by atoms with Gasteiger partial charge in [-0.05, 0) is 12.1 Å². The van der Waals surface area contributed by atoms with Gasteiger partial charge < -0.3 is 11.1 Å². The third kappa shape index (κ3) is 2.96. The summed E-state index contributed by atoms with van der Waals surface area (Å²) in [6, 6.07) is 6.71. The Bertz CT molecular complexity index is 650. The molecule has 0 bridgehead atoms. The van der Waals surface area contributed by atoms with Gasteiger partial charge in [-0.15, -0.1) is 0 Å². The number of hydrogen-bond donors (Lipinski definition) is 2. The molecular formula is C13H10F2N4. The minimum absolute atomic E-state index is 0.120. The van der Waals surface area contributed by atoms with E-state index in [1.807, 2.05) is 6.07 Å². The summed E-state index contributed by atoms with van der Waals surface area (Å²) in [5.74, 6) is -0.917. The van der Waals surface area contributed by atoms with Gasteiger partial charge in [0.05, 0.1) is 11.3 Å². The van der Waals surface area contributed by atoms with Crippen LogP contribution in [0, 0.1) is 23.0 Å². The summed E-state index contributed by atoms with van der Waals surface area (Å²) in [6.45, 7) is 0.120. The fraction of sp³-hybridized carbons (Fsp3) is 0.0769. The standard InChI is InChI=1S/C13H10F2N4/c14-10-2-1-9(11(15)4-10)7-19-13-12(17)3-8(5-16)6-18-13/h1-4,6H,7,17H2,(H,18,19). The molecule has 1 heterocycles. The van der Waals surface area contributed by atoms with Gasteiger partial charge in [0.15, 0.2) is 0 Å². The van der Waals surface area contributed by atoms with Gasteiger partial charge in [-0.2, -0.15) is 5.26 Å². The molecule has 0 aliphatic heterocycles. The number of anilines is 2. The molecule has 0 aliphatic carbocycles. The summed E-state index contributed by atoms with van der Waals surface area (Å²) in [7, 11) is 0. The average molecular weight is 260 g/mol. The first kappa shape index (κ1) is 12.8. The average Bonchev–Trinajstić information content (AvgIpc) is 2.39. The number of nitriles is 1. The number of aromatic nitrogens is 1. The SMILES string of the molecule is N#Cc1cnc(NCc2ccc(F)cc2F)c(N)c1. The van der Waals surface area contributed by atoms with Crippen LogP contribution in [0.5, 0.6) is 0 Å². The van der Waals surface area contributed by atoms with Crippen LogP contribution in [-0.4, -0.2) is 4.98 Å². The number of nitrogens with two attached hydrogens (primary N) is 1. The summed E-state index contributed by atoms with van der Waals surface area (Å²) < 4.78 is 26.1. The highest BCUT2D eigenvalue weighted by molar-refractivity contribution is 5.63. The molecule has 2 aromatic rings. The van der Waals surface area contributed by atoms with Crippen molar-refractivity contribution < 1.29 is 8.78 Å². The predicted molar refractivity (Wildman–Crippen MR) is 67.0 cm³/mol. The van der Waals surface area contributed by atoms with Gasteiger partial charge >= 0.3 is 0 Å². The molecule has 1 aromatic heterocycles. The summed E-state index contributed by atoms with van der Waals surface area (Å²) in [5.41, 5.74) is 6.63. The Balaban J connectivity index is 2.13. The van der Waals surface area contributed by atoms with Crippen LogP contribution in [0.4, 0.5) is 20.3 Å². The number of nitrogens with one attached hydrogen (secondary N) is 1.